The van der Waals surface area contributed by atoms with E-state index in [0.29, 0.717) is 16.4 Å². The lowest BCUT2D eigenvalue weighted by Crippen LogP contribution is -2.30. The van der Waals surface area contributed by atoms with Crippen molar-refractivity contribution in [1.29, 1.82) is 0 Å². The Balaban J connectivity index is 1.94. The van der Waals surface area contributed by atoms with E-state index >= 15 is 0 Å². The zero-order valence-corrected chi connectivity index (χ0v) is 21.1. The fourth-order valence-corrected chi connectivity index (χ4v) is 6.78. The predicted octanol–water partition coefficient (Wildman–Crippen LogP) is 7.79. The second-order valence-electron chi connectivity index (χ2n) is 8.83. The van der Waals surface area contributed by atoms with E-state index < -0.39 is 10.9 Å². The van der Waals surface area contributed by atoms with Gasteiger partial charge in [0.15, 0.2) is 0 Å². The average molecular weight is 485 g/mol. The number of ether oxygens (including phenoxy) is 2. The van der Waals surface area contributed by atoms with Crippen molar-refractivity contribution in [3.05, 3.63) is 63.4 Å². The average Bonchev–Trinajstić information content (AvgIpc) is 3.00. The van der Waals surface area contributed by atoms with Gasteiger partial charge >= 0.3 is 6.16 Å². The first kappa shape index (κ1) is 23.9. The molecule has 0 aromatic heterocycles. The molecule has 0 bridgehead atoms. The van der Waals surface area contributed by atoms with Crippen molar-refractivity contribution in [1.82, 2.24) is 0 Å². The number of aryl methyl sites for hydroxylation is 2. The van der Waals surface area contributed by atoms with Crippen LogP contribution in [-0.4, -0.2) is 22.6 Å². The lowest BCUT2D eigenvalue weighted by atomic mass is 9.81. The van der Waals surface area contributed by atoms with Crippen molar-refractivity contribution in [2.24, 2.45) is 0 Å². The molecular formula is C27H29ClO4S. The summed E-state index contributed by atoms with van der Waals surface area (Å²) >= 11 is 7.44. The number of rotatable bonds is 4. The maximum Gasteiger partial charge on any atom is 0.513 e. The quantitative estimate of drug-likeness (QED) is 0.414. The molecular weight excluding hydrogens is 456 g/mol. The second kappa shape index (κ2) is 9.55. The van der Waals surface area contributed by atoms with Crippen molar-refractivity contribution in [2.45, 2.75) is 64.5 Å². The molecule has 0 unspecified atom stereocenters. The molecule has 0 saturated heterocycles. The maximum atomic E-state index is 13.5. The highest BCUT2D eigenvalue weighted by atomic mass is 35.5. The van der Waals surface area contributed by atoms with Gasteiger partial charge in [-0.3, -0.25) is 4.79 Å². The molecule has 6 heteroatoms. The summed E-state index contributed by atoms with van der Waals surface area (Å²) < 4.78 is 10.5. The van der Waals surface area contributed by atoms with Gasteiger partial charge in [-0.2, -0.15) is 0 Å². The monoisotopic (exact) mass is 484 g/mol. The van der Waals surface area contributed by atoms with Gasteiger partial charge in [0.2, 0.25) is 5.12 Å². The summed E-state index contributed by atoms with van der Waals surface area (Å²) in [5, 5.41) is 0.643. The molecule has 0 radical (unpaired) electrons. The van der Waals surface area contributed by atoms with Gasteiger partial charge in [0.1, 0.15) is 5.76 Å². The van der Waals surface area contributed by atoms with Crippen molar-refractivity contribution in [3.63, 3.8) is 0 Å². The van der Waals surface area contributed by atoms with Crippen LogP contribution < -0.4 is 0 Å². The van der Waals surface area contributed by atoms with Gasteiger partial charge in [-0.25, -0.2) is 4.79 Å². The number of thioether (sulfide) groups is 1. The minimum absolute atomic E-state index is 0.0340. The first-order valence-electron chi connectivity index (χ1n) is 11.5. The van der Waals surface area contributed by atoms with Crippen LogP contribution in [0.5, 0.6) is 0 Å². The molecule has 33 heavy (non-hydrogen) atoms. The zero-order valence-electron chi connectivity index (χ0n) is 19.5. The molecule has 4 nitrogen and oxygen atoms in total. The summed E-state index contributed by atoms with van der Waals surface area (Å²) in [6.07, 6.45) is 4.02. The van der Waals surface area contributed by atoms with Crippen molar-refractivity contribution >= 4 is 40.2 Å². The summed E-state index contributed by atoms with van der Waals surface area (Å²) in [5.74, 6) is 0.479. The van der Waals surface area contributed by atoms with E-state index in [1.165, 1.54) is 11.8 Å². The number of halogens is 1. The third kappa shape index (κ3) is 4.45. The third-order valence-corrected chi connectivity index (χ3v) is 8.22. The Morgan fingerprint density at radius 3 is 2.30 bits per heavy atom. The van der Waals surface area contributed by atoms with Crippen LogP contribution in [0.1, 0.15) is 61.3 Å². The van der Waals surface area contributed by atoms with Crippen molar-refractivity contribution < 1.29 is 19.1 Å². The van der Waals surface area contributed by atoms with E-state index in [9.17, 15) is 9.59 Å². The van der Waals surface area contributed by atoms with Crippen LogP contribution in [0.25, 0.3) is 16.7 Å². The normalized spacial score (nSPS) is 17.5. The number of carbonyl (C=O) groups excluding carboxylic acids is 2. The first-order valence-corrected chi connectivity index (χ1v) is 12.7. The molecule has 2 aromatic rings. The van der Waals surface area contributed by atoms with Crippen LogP contribution >= 0.6 is 23.4 Å². The van der Waals surface area contributed by atoms with Gasteiger partial charge in [-0.05, 0) is 86.1 Å². The van der Waals surface area contributed by atoms with E-state index in [2.05, 4.69) is 13.0 Å². The summed E-state index contributed by atoms with van der Waals surface area (Å²) in [5.41, 5.74) is 6.58. The van der Waals surface area contributed by atoms with Crippen LogP contribution in [-0.2, 0) is 14.3 Å². The standard InChI is InChI=1S/C27H29ClO4S/c1-5-31-26(30)32-24-23(25(29)33-27(24)13-7-6-8-14-27)22-17(3)15-16(2)21(18(22)4)19-9-11-20(28)12-10-19/h9-12,15H,5-8,13-14H2,1-4H3. The highest BCUT2D eigenvalue weighted by molar-refractivity contribution is 8.16. The van der Waals surface area contributed by atoms with Gasteiger partial charge < -0.3 is 9.47 Å². The zero-order chi connectivity index (χ0) is 23.8. The number of hydrogen-bond acceptors (Lipinski definition) is 5. The minimum atomic E-state index is -0.745. The SMILES string of the molecule is CCOC(=O)OC1=C(c2c(C)cc(C)c(-c3ccc(Cl)cc3)c2C)C(=O)SC12CCCCC2. The fraction of sp³-hybridized carbons (Fsp3) is 0.407. The Labute approximate surface area is 204 Å². The molecule has 1 saturated carbocycles. The van der Waals surface area contributed by atoms with Gasteiger partial charge in [0.25, 0.3) is 0 Å². The first-order chi connectivity index (χ1) is 15.8. The molecule has 1 spiro atoms. The third-order valence-electron chi connectivity index (χ3n) is 6.60. The number of hydrogen-bond donors (Lipinski definition) is 0. The minimum Gasteiger partial charge on any atom is -0.434 e. The molecule has 0 N–H and O–H groups in total. The highest BCUT2D eigenvalue weighted by Crippen LogP contribution is 2.56. The Morgan fingerprint density at radius 1 is 1.03 bits per heavy atom. The molecule has 1 aliphatic heterocycles. The molecule has 174 valence electrons. The van der Waals surface area contributed by atoms with Crippen molar-refractivity contribution in [3.8, 4) is 11.1 Å². The van der Waals surface area contributed by atoms with Gasteiger partial charge in [-0.15, -0.1) is 0 Å². The van der Waals surface area contributed by atoms with E-state index in [4.69, 9.17) is 21.1 Å². The van der Waals surface area contributed by atoms with Crippen LogP contribution in [0.4, 0.5) is 4.79 Å². The van der Waals surface area contributed by atoms with Gasteiger partial charge in [0.05, 0.1) is 16.9 Å². The number of carbonyl (C=O) groups is 2. The molecule has 2 aliphatic rings. The summed E-state index contributed by atoms with van der Waals surface area (Å²) in [7, 11) is 0. The Kier molecular flexibility index (Phi) is 6.92. The van der Waals surface area contributed by atoms with Crippen molar-refractivity contribution in [2.75, 3.05) is 6.61 Å². The molecule has 0 amide bonds. The lowest BCUT2D eigenvalue weighted by molar-refractivity contribution is -0.106. The van der Waals surface area contributed by atoms with Gasteiger partial charge in [0, 0.05) is 5.02 Å². The molecule has 1 aliphatic carbocycles. The molecule has 4 rings (SSSR count). The Bertz CT molecular complexity index is 1130. The summed E-state index contributed by atoms with van der Waals surface area (Å²) in [6.45, 7) is 8.09. The highest BCUT2D eigenvalue weighted by Gasteiger charge is 2.50. The topological polar surface area (TPSA) is 52.6 Å². The van der Waals surface area contributed by atoms with Crippen LogP contribution in [0.15, 0.2) is 36.1 Å². The van der Waals surface area contributed by atoms with E-state index in [-0.39, 0.29) is 11.7 Å². The van der Waals surface area contributed by atoms with Gasteiger partial charge in [-0.1, -0.05) is 60.8 Å². The molecule has 1 heterocycles. The summed E-state index contributed by atoms with van der Waals surface area (Å²) in [4.78, 5) is 26.0. The van der Waals surface area contributed by atoms with E-state index in [1.807, 2.05) is 38.1 Å². The van der Waals surface area contributed by atoms with Crippen LogP contribution in [0.3, 0.4) is 0 Å². The van der Waals surface area contributed by atoms with E-state index in [0.717, 1.165) is 65.5 Å². The lowest BCUT2D eigenvalue weighted by Gasteiger charge is -2.33. The molecule has 1 fully saturated rings. The maximum absolute atomic E-state index is 13.5. The summed E-state index contributed by atoms with van der Waals surface area (Å²) in [6, 6.07) is 9.84. The van der Waals surface area contributed by atoms with Crippen LogP contribution in [0, 0.1) is 20.8 Å². The second-order valence-corrected chi connectivity index (χ2v) is 10.6. The van der Waals surface area contributed by atoms with E-state index in [1.54, 1.807) is 6.92 Å². The predicted molar refractivity (Wildman–Crippen MR) is 135 cm³/mol. The Morgan fingerprint density at radius 2 is 1.67 bits per heavy atom. The number of benzene rings is 2. The smallest absolute Gasteiger partial charge is 0.434 e. The molecule has 0 atom stereocenters. The fourth-order valence-electron chi connectivity index (χ4n) is 5.27. The molecule has 2 aromatic carbocycles. The Hall–Kier alpha value is -2.24. The largest absolute Gasteiger partial charge is 0.513 e. The van der Waals surface area contributed by atoms with Crippen LogP contribution in [0.2, 0.25) is 5.02 Å².